The second-order valence-corrected chi connectivity index (χ2v) is 4.87. The van der Waals surface area contributed by atoms with E-state index in [1.165, 1.54) is 18.2 Å². The van der Waals surface area contributed by atoms with Crippen LogP contribution in [0.5, 0.6) is 0 Å². The molecule has 0 unspecified atom stereocenters. The summed E-state index contributed by atoms with van der Waals surface area (Å²) in [6, 6.07) is 5.61. The van der Waals surface area contributed by atoms with Gasteiger partial charge in [0.05, 0.1) is 5.56 Å². The van der Waals surface area contributed by atoms with Crippen LogP contribution in [0.3, 0.4) is 0 Å². The van der Waals surface area contributed by atoms with Gasteiger partial charge in [0.2, 0.25) is 0 Å². The monoisotopic (exact) mass is 404 g/mol. The Balaban J connectivity index is 3.07. The minimum atomic E-state index is -7.53. The van der Waals surface area contributed by atoms with Crippen LogP contribution >= 0.6 is 0 Å². The molecule has 0 amide bonds. The van der Waals surface area contributed by atoms with Crippen molar-refractivity contribution in [2.45, 2.75) is 29.9 Å². The Morgan fingerprint density at radius 2 is 1.19 bits per heavy atom. The van der Waals surface area contributed by atoms with E-state index in [1.54, 1.807) is 0 Å². The number of carbonyl (C=O) groups excluding carboxylic acids is 1. The van der Waals surface area contributed by atoms with Gasteiger partial charge in [-0.05, 0) is 12.1 Å². The van der Waals surface area contributed by atoms with Crippen LogP contribution in [0.4, 0.5) is 48.3 Å². The second-order valence-electron chi connectivity index (χ2n) is 4.87. The molecule has 0 fully saturated rings. The third kappa shape index (κ3) is 3.56. The first-order chi connectivity index (χ1) is 11.5. The molecule has 2 nitrogen and oxygen atoms in total. The average molecular weight is 404 g/mol. The van der Waals surface area contributed by atoms with Gasteiger partial charge in [0.1, 0.15) is 0 Å². The van der Waals surface area contributed by atoms with Crippen molar-refractivity contribution >= 4 is 5.97 Å². The van der Waals surface area contributed by atoms with Crippen LogP contribution in [-0.4, -0.2) is 42.4 Å². The zero-order chi connectivity index (χ0) is 20.6. The van der Waals surface area contributed by atoms with Gasteiger partial charge >= 0.3 is 35.8 Å². The molecule has 0 radical (unpaired) electrons. The lowest BCUT2D eigenvalue weighted by atomic mass is 9.98. The number of ether oxygens (including phenoxy) is 1. The number of benzene rings is 1. The fourth-order valence-electron chi connectivity index (χ4n) is 1.51. The summed E-state index contributed by atoms with van der Waals surface area (Å²) >= 11 is 0. The Hall–Kier alpha value is -2.08. The highest BCUT2D eigenvalue weighted by Crippen LogP contribution is 2.57. The molecule has 0 aliphatic rings. The number of carbonyl (C=O) groups is 1. The van der Waals surface area contributed by atoms with Crippen molar-refractivity contribution in [1.82, 2.24) is 0 Å². The topological polar surface area (TPSA) is 26.3 Å². The first-order valence-corrected chi connectivity index (χ1v) is 6.29. The lowest BCUT2D eigenvalue weighted by Crippen LogP contribution is -2.67. The van der Waals surface area contributed by atoms with E-state index in [1.807, 2.05) is 0 Å². The van der Waals surface area contributed by atoms with Gasteiger partial charge in [0.15, 0.2) is 6.61 Å². The number of alkyl halides is 11. The molecule has 0 N–H and O–H groups in total. The number of rotatable bonds is 6. The highest BCUT2D eigenvalue weighted by molar-refractivity contribution is 5.89. The molecule has 0 aliphatic carbocycles. The molecule has 0 heterocycles. The summed E-state index contributed by atoms with van der Waals surface area (Å²) in [6.45, 7) is -2.86. The lowest BCUT2D eigenvalue weighted by molar-refractivity contribution is -0.423. The zero-order valence-corrected chi connectivity index (χ0v) is 12.1. The Bertz CT molecular complexity index is 637. The number of hydrogen-bond acceptors (Lipinski definition) is 2. The summed E-state index contributed by atoms with van der Waals surface area (Å²) in [5.74, 6) is -30.2. The maximum atomic E-state index is 13.3. The summed E-state index contributed by atoms with van der Waals surface area (Å²) in [5, 5.41) is 0. The largest absolute Gasteiger partial charge is 0.460 e. The van der Waals surface area contributed by atoms with Crippen molar-refractivity contribution in [2.24, 2.45) is 0 Å². The lowest BCUT2D eigenvalue weighted by Gasteiger charge is -2.36. The van der Waals surface area contributed by atoms with Gasteiger partial charge in [-0.25, -0.2) is 4.79 Å². The molecule has 1 aromatic rings. The van der Waals surface area contributed by atoms with Crippen LogP contribution < -0.4 is 0 Å². The van der Waals surface area contributed by atoms with Crippen LogP contribution in [0, 0.1) is 0 Å². The molecular weight excluding hydrogens is 397 g/mol. The summed E-state index contributed by atoms with van der Waals surface area (Å²) in [5.41, 5.74) is -0.487. The average Bonchev–Trinajstić information content (AvgIpc) is 2.51. The minimum Gasteiger partial charge on any atom is -0.455 e. The second kappa shape index (κ2) is 6.58. The minimum absolute atomic E-state index is 0.487. The van der Waals surface area contributed by atoms with Gasteiger partial charge in [0, 0.05) is 0 Å². The van der Waals surface area contributed by atoms with Crippen LogP contribution in [0.1, 0.15) is 10.4 Å². The fourth-order valence-corrected chi connectivity index (χ4v) is 1.51. The fraction of sp³-hybridized carbons (Fsp3) is 0.462. The van der Waals surface area contributed by atoms with Crippen molar-refractivity contribution in [3.8, 4) is 0 Å². The molecule has 0 bridgehead atoms. The normalized spacial score (nSPS) is 14.3. The van der Waals surface area contributed by atoms with Crippen LogP contribution in [-0.2, 0) is 4.74 Å². The van der Waals surface area contributed by atoms with Crippen LogP contribution in [0.25, 0.3) is 0 Å². The third-order valence-electron chi connectivity index (χ3n) is 3.00. The SMILES string of the molecule is O=C(OCC(F)(F)C(F)(F)C(F)(F)C(F)(F)C(F)(F)F)c1ccccc1. The highest BCUT2D eigenvalue weighted by Gasteiger charge is 2.87. The molecule has 1 aromatic carbocycles. The molecule has 0 spiro atoms. The van der Waals surface area contributed by atoms with Crippen molar-refractivity contribution in [3.63, 3.8) is 0 Å². The van der Waals surface area contributed by atoms with Crippen molar-refractivity contribution in [2.75, 3.05) is 6.61 Å². The van der Waals surface area contributed by atoms with E-state index in [-0.39, 0.29) is 0 Å². The van der Waals surface area contributed by atoms with E-state index < -0.39 is 48.0 Å². The maximum Gasteiger partial charge on any atom is 0.460 e. The predicted molar refractivity (Wildman–Crippen MR) is 62.6 cm³/mol. The molecule has 0 saturated carbocycles. The van der Waals surface area contributed by atoms with E-state index in [0.29, 0.717) is 0 Å². The smallest absolute Gasteiger partial charge is 0.455 e. The van der Waals surface area contributed by atoms with E-state index in [0.717, 1.165) is 12.1 Å². The van der Waals surface area contributed by atoms with Crippen molar-refractivity contribution < 1.29 is 57.8 Å². The van der Waals surface area contributed by atoms with Crippen molar-refractivity contribution in [3.05, 3.63) is 35.9 Å². The Morgan fingerprint density at radius 3 is 1.62 bits per heavy atom. The van der Waals surface area contributed by atoms with Gasteiger partial charge in [0.25, 0.3) is 0 Å². The Morgan fingerprint density at radius 1 is 0.731 bits per heavy atom. The molecular formula is C13H7F11O2. The standard InChI is InChI=1S/C13H7F11O2/c14-9(15,6-26-8(25)7-4-2-1-3-5-7)10(16,17)11(18,19)12(20,21)13(22,23)24/h1-5H,6H2. The number of esters is 1. The molecule has 0 aliphatic heterocycles. The van der Waals surface area contributed by atoms with E-state index in [9.17, 15) is 53.1 Å². The Labute approximate surface area is 137 Å². The van der Waals surface area contributed by atoms with E-state index >= 15 is 0 Å². The first kappa shape index (κ1) is 22.0. The van der Waals surface area contributed by atoms with Crippen LogP contribution in [0.15, 0.2) is 30.3 Å². The molecule has 0 aromatic heterocycles. The third-order valence-corrected chi connectivity index (χ3v) is 3.00. The van der Waals surface area contributed by atoms with Gasteiger partial charge < -0.3 is 4.74 Å². The summed E-state index contributed by atoms with van der Waals surface area (Å²) in [4.78, 5) is 11.3. The van der Waals surface area contributed by atoms with Gasteiger partial charge in [-0.15, -0.1) is 0 Å². The molecule has 0 saturated heterocycles. The summed E-state index contributed by atoms with van der Waals surface area (Å²) in [6.07, 6.45) is -7.24. The van der Waals surface area contributed by atoms with Crippen molar-refractivity contribution in [1.29, 1.82) is 0 Å². The summed E-state index contributed by atoms with van der Waals surface area (Å²) < 4.78 is 143. The summed E-state index contributed by atoms with van der Waals surface area (Å²) in [7, 11) is 0. The Kier molecular flexibility index (Phi) is 5.56. The highest BCUT2D eigenvalue weighted by atomic mass is 19.4. The quantitative estimate of drug-likeness (QED) is 0.496. The molecule has 13 heteroatoms. The predicted octanol–water partition coefficient (Wildman–Crippen LogP) is 4.95. The van der Waals surface area contributed by atoms with Gasteiger partial charge in [-0.3, -0.25) is 0 Å². The zero-order valence-electron chi connectivity index (χ0n) is 12.1. The van der Waals surface area contributed by atoms with E-state index in [4.69, 9.17) is 0 Å². The molecule has 148 valence electrons. The number of hydrogen-bond donors (Lipinski definition) is 0. The molecule has 0 atom stereocenters. The van der Waals surface area contributed by atoms with Gasteiger partial charge in [-0.1, -0.05) is 18.2 Å². The van der Waals surface area contributed by atoms with Crippen LogP contribution in [0.2, 0.25) is 0 Å². The first-order valence-electron chi connectivity index (χ1n) is 6.29. The molecule has 1 rings (SSSR count). The van der Waals surface area contributed by atoms with Gasteiger partial charge in [-0.2, -0.15) is 48.3 Å². The van der Waals surface area contributed by atoms with E-state index in [2.05, 4.69) is 4.74 Å². The molecule has 26 heavy (non-hydrogen) atoms. The number of halogens is 11. The maximum absolute atomic E-state index is 13.3.